The Morgan fingerprint density at radius 1 is 0.979 bits per heavy atom. The molecule has 0 N–H and O–H groups in total. The van der Waals surface area contributed by atoms with E-state index in [-0.39, 0.29) is 0 Å². The van der Waals surface area contributed by atoms with E-state index >= 15 is 0 Å². The number of halogens is 2. The number of hydrogen-bond donors (Lipinski definition) is 0. The van der Waals surface area contributed by atoms with Crippen LogP contribution in [0.4, 0.5) is 0 Å². The zero-order valence-corrected chi connectivity index (χ0v) is 30.8. The van der Waals surface area contributed by atoms with Gasteiger partial charge in [0.2, 0.25) is 0 Å². The van der Waals surface area contributed by atoms with Crippen molar-refractivity contribution in [3.05, 3.63) is 85.5 Å². The minimum atomic E-state index is -0.422. The molecule has 2 aromatic carbocycles. The Morgan fingerprint density at radius 2 is 1.81 bits per heavy atom. The fourth-order valence-corrected chi connectivity index (χ4v) is 9.43. The number of allylic oxidation sites excluding steroid dienone is 1. The predicted molar refractivity (Wildman–Crippen MR) is 197 cm³/mol. The average molecular weight is 723 g/mol. The number of nitrogens with zero attached hydrogens (tertiary/aromatic N) is 5. The molecule has 0 unspecified atom stereocenters. The summed E-state index contributed by atoms with van der Waals surface area (Å²) in [5, 5.41) is 11.6. The maximum Gasteiger partial charge on any atom is 0.354 e. The summed E-state index contributed by atoms with van der Waals surface area (Å²) in [6, 6.07) is 8.45. The predicted octanol–water partition coefficient (Wildman–Crippen LogP) is 8.72. The quantitative estimate of drug-likeness (QED) is 0.160. The lowest BCUT2D eigenvalue weighted by Gasteiger charge is -2.18. The number of aromatic nitrogens is 5. The van der Waals surface area contributed by atoms with Gasteiger partial charge in [0.25, 0.3) is 0 Å². The van der Waals surface area contributed by atoms with Crippen LogP contribution in [0.2, 0.25) is 10.0 Å². The Labute approximate surface area is 298 Å². The summed E-state index contributed by atoms with van der Waals surface area (Å²) in [5.41, 5.74) is 10.4. The van der Waals surface area contributed by atoms with Crippen LogP contribution in [-0.2, 0) is 56.0 Å². The second-order valence-electron chi connectivity index (χ2n) is 12.3. The van der Waals surface area contributed by atoms with Gasteiger partial charge in [-0.1, -0.05) is 35.4 Å². The number of methoxy groups -OCH3 is 1. The Bertz CT molecular complexity index is 2110. The van der Waals surface area contributed by atoms with Crippen molar-refractivity contribution in [3.8, 4) is 16.9 Å². The van der Waals surface area contributed by atoms with E-state index < -0.39 is 5.97 Å². The number of carbonyl (C=O) groups excluding carboxylic acids is 1. The molecule has 7 rings (SSSR count). The molecule has 12 heteroatoms. The molecule has 8 bridgehead atoms. The molecule has 0 amide bonds. The number of thioether (sulfide) groups is 2. The highest BCUT2D eigenvalue weighted by Gasteiger charge is 2.29. The Hall–Kier alpha value is -3.31. The van der Waals surface area contributed by atoms with Crippen LogP contribution in [0.25, 0.3) is 28.1 Å². The summed E-state index contributed by atoms with van der Waals surface area (Å²) < 4.78 is 17.6. The molecule has 8 nitrogen and oxygen atoms in total. The van der Waals surface area contributed by atoms with Crippen LogP contribution >= 0.6 is 46.7 Å². The van der Waals surface area contributed by atoms with Gasteiger partial charge in [0.15, 0.2) is 0 Å². The van der Waals surface area contributed by atoms with E-state index in [0.717, 1.165) is 80.3 Å². The largest absolute Gasteiger partial charge is 0.493 e. The number of esters is 1. The average Bonchev–Trinajstić information content (AvgIpc) is 3.67. The van der Waals surface area contributed by atoms with Crippen molar-refractivity contribution >= 4 is 69.7 Å². The first-order valence-electron chi connectivity index (χ1n) is 15.9. The van der Waals surface area contributed by atoms with Gasteiger partial charge in [-0.25, -0.2) is 4.79 Å². The van der Waals surface area contributed by atoms with Crippen LogP contribution in [0.15, 0.2) is 35.2 Å². The van der Waals surface area contributed by atoms with Crippen LogP contribution in [0.5, 0.6) is 5.75 Å². The lowest BCUT2D eigenvalue weighted by molar-refractivity contribution is 0.0589. The third-order valence-electron chi connectivity index (χ3n) is 9.30. The summed E-state index contributed by atoms with van der Waals surface area (Å²) in [6.07, 6.45) is 7.62. The Balaban J connectivity index is 1.38. The number of carbonyl (C=O) groups is 1. The lowest BCUT2D eigenvalue weighted by atomic mass is 9.96. The molecule has 2 aliphatic rings. The van der Waals surface area contributed by atoms with Crippen molar-refractivity contribution < 1.29 is 14.3 Å². The summed E-state index contributed by atoms with van der Waals surface area (Å²) >= 11 is 17.6. The van der Waals surface area contributed by atoms with Crippen LogP contribution in [0.1, 0.15) is 62.8 Å². The second-order valence-corrected chi connectivity index (χ2v) is 15.1. The van der Waals surface area contributed by atoms with Crippen molar-refractivity contribution in [2.45, 2.75) is 54.8 Å². The summed E-state index contributed by atoms with van der Waals surface area (Å²) in [5.74, 6) is 2.66. The monoisotopic (exact) mass is 721 g/mol. The van der Waals surface area contributed by atoms with Gasteiger partial charge in [-0.3, -0.25) is 9.36 Å². The van der Waals surface area contributed by atoms with E-state index in [9.17, 15) is 4.79 Å². The van der Waals surface area contributed by atoms with E-state index in [2.05, 4.69) is 30.4 Å². The van der Waals surface area contributed by atoms with Gasteiger partial charge in [-0.15, -0.1) is 23.5 Å². The van der Waals surface area contributed by atoms with E-state index in [1.807, 2.05) is 42.0 Å². The summed E-state index contributed by atoms with van der Waals surface area (Å²) in [4.78, 5) is 14.6. The maximum absolute atomic E-state index is 13.4. The molecule has 1 aliphatic heterocycles. The van der Waals surface area contributed by atoms with E-state index in [1.54, 1.807) is 29.6 Å². The normalized spacial score (nSPS) is 15.1. The van der Waals surface area contributed by atoms with Gasteiger partial charge in [0, 0.05) is 76.8 Å². The van der Waals surface area contributed by atoms with E-state index in [4.69, 9.17) is 42.9 Å². The van der Waals surface area contributed by atoms with Gasteiger partial charge in [0.05, 0.1) is 40.7 Å². The number of aryl methyl sites for hydroxylation is 5. The van der Waals surface area contributed by atoms with Gasteiger partial charge in [0.1, 0.15) is 11.4 Å². The Kier molecular flexibility index (Phi) is 9.36. The number of ether oxygens (including phenoxy) is 2. The van der Waals surface area contributed by atoms with E-state index in [0.29, 0.717) is 40.9 Å². The molecule has 3 aromatic heterocycles. The van der Waals surface area contributed by atoms with Gasteiger partial charge in [-0.05, 0) is 68.0 Å². The van der Waals surface area contributed by atoms with Gasteiger partial charge >= 0.3 is 5.97 Å². The molecule has 5 aromatic rings. The minimum absolute atomic E-state index is 0.422. The standard InChI is InChI=1S/C36H37Cl2N5O3S2/c1-20-31-29(40-42(20)3)19-47-17-22-14-23(43(4)39-22)18-48-24-13-21-9-6-7-10-25(21)30(15-24)46-12-8-11-26-32-27(37)16-28(38)33(31)35(32)41(2)34(26)36(44)45-5/h7,10,13-16H,6,8-9,11-12,17-19H2,1-5H3. The first-order valence-corrected chi connectivity index (χ1v) is 18.8. The molecule has 0 spiro atoms. The van der Waals surface area contributed by atoms with Crippen molar-refractivity contribution in [3.63, 3.8) is 0 Å². The number of hydrogen-bond acceptors (Lipinski definition) is 7. The second kappa shape index (κ2) is 13.5. The molecule has 0 fully saturated rings. The van der Waals surface area contributed by atoms with Crippen LogP contribution in [0.3, 0.4) is 0 Å². The first kappa shape index (κ1) is 33.2. The fourth-order valence-electron chi connectivity index (χ4n) is 6.92. The molecule has 0 atom stereocenters. The van der Waals surface area contributed by atoms with Crippen molar-refractivity contribution in [1.29, 1.82) is 0 Å². The molecule has 1 aliphatic carbocycles. The van der Waals surface area contributed by atoms with Crippen molar-refractivity contribution in [1.82, 2.24) is 24.1 Å². The van der Waals surface area contributed by atoms with Crippen molar-refractivity contribution in [2.75, 3.05) is 13.7 Å². The van der Waals surface area contributed by atoms with Crippen LogP contribution in [0, 0.1) is 6.92 Å². The summed E-state index contributed by atoms with van der Waals surface area (Å²) in [7, 11) is 7.24. The SMILES string of the molecule is COC(=O)c1c2c3c(Cl)cc(Cl)c(c3n1C)-c1c(nn(C)c1C)CSCc1cc(n(C)n1)CSc1cc3c(c(c1)OCCC2)C=CCC3. The highest BCUT2D eigenvalue weighted by atomic mass is 35.5. The molecule has 0 saturated carbocycles. The zero-order valence-electron chi connectivity index (χ0n) is 27.7. The third kappa shape index (κ3) is 5.95. The molecule has 250 valence electrons. The zero-order chi connectivity index (χ0) is 33.7. The number of benzene rings is 2. The fraction of sp³-hybridized carbons (Fsp3) is 0.361. The van der Waals surface area contributed by atoms with Crippen molar-refractivity contribution in [2.24, 2.45) is 21.1 Å². The molecule has 0 saturated heterocycles. The summed E-state index contributed by atoms with van der Waals surface area (Å²) in [6.45, 7) is 2.51. The molecule has 0 radical (unpaired) electrons. The molecule has 48 heavy (non-hydrogen) atoms. The lowest BCUT2D eigenvalue weighted by Crippen LogP contribution is -2.11. The first-order chi connectivity index (χ1) is 23.2. The number of rotatable bonds is 1. The van der Waals surface area contributed by atoms with E-state index in [1.165, 1.54) is 23.3 Å². The Morgan fingerprint density at radius 3 is 2.62 bits per heavy atom. The highest BCUT2D eigenvalue weighted by molar-refractivity contribution is 7.98. The molecule has 4 heterocycles. The topological polar surface area (TPSA) is 76.1 Å². The van der Waals surface area contributed by atoms with Gasteiger partial charge in [-0.2, -0.15) is 10.2 Å². The number of fused-ring (bicyclic) bond motifs is 8. The smallest absolute Gasteiger partial charge is 0.354 e. The highest BCUT2D eigenvalue weighted by Crippen LogP contribution is 2.46. The minimum Gasteiger partial charge on any atom is -0.493 e. The van der Waals surface area contributed by atoms with Crippen LogP contribution in [-0.4, -0.2) is 43.8 Å². The third-order valence-corrected chi connectivity index (χ3v) is 11.9. The molecular formula is C36H37Cl2N5O3S2. The maximum atomic E-state index is 13.4. The van der Waals surface area contributed by atoms with Gasteiger partial charge < -0.3 is 14.0 Å². The van der Waals surface area contributed by atoms with Crippen LogP contribution < -0.4 is 4.74 Å². The molecular weight excluding hydrogens is 685 g/mol.